The van der Waals surface area contributed by atoms with E-state index in [0.717, 1.165) is 0 Å². The molecule has 24 heavy (non-hydrogen) atoms. The van der Waals surface area contributed by atoms with Crippen molar-refractivity contribution in [3.8, 4) is 0 Å². The fourth-order valence-corrected chi connectivity index (χ4v) is 2.52. The van der Waals surface area contributed by atoms with E-state index in [1.165, 1.54) is 19.0 Å². The van der Waals surface area contributed by atoms with Crippen LogP contribution < -0.4 is 10.6 Å². The lowest BCUT2D eigenvalue weighted by atomic mass is 9.88. The van der Waals surface area contributed by atoms with E-state index >= 15 is 0 Å². The van der Waals surface area contributed by atoms with E-state index in [-0.39, 0.29) is 25.5 Å². The van der Waals surface area contributed by atoms with E-state index in [4.69, 9.17) is 4.74 Å². The van der Waals surface area contributed by atoms with Crippen molar-refractivity contribution in [1.29, 1.82) is 0 Å². The lowest BCUT2D eigenvalue weighted by Gasteiger charge is -2.23. The Kier molecular flexibility index (Phi) is 7.47. The third-order valence-electron chi connectivity index (χ3n) is 4.16. The van der Waals surface area contributed by atoms with Gasteiger partial charge in [0.2, 0.25) is 11.8 Å². The van der Waals surface area contributed by atoms with Crippen LogP contribution in [0.5, 0.6) is 0 Å². The molecule has 3 unspecified atom stereocenters. The van der Waals surface area contributed by atoms with Crippen LogP contribution in [0.4, 0.5) is 4.79 Å². The number of carboxylic acids is 1. The summed E-state index contributed by atoms with van der Waals surface area (Å²) in [6.07, 6.45) is 0.263. The third-order valence-corrected chi connectivity index (χ3v) is 4.16. The lowest BCUT2D eigenvalue weighted by Crippen LogP contribution is -2.47. The van der Waals surface area contributed by atoms with Gasteiger partial charge in [0, 0.05) is 32.5 Å². The molecular formula is C15H25N3O6. The van der Waals surface area contributed by atoms with E-state index in [1.807, 2.05) is 0 Å². The Bertz CT molecular complexity index is 496. The number of carbonyl (C=O) groups excluding carboxylic acids is 3. The average Bonchev–Trinajstić information content (AvgIpc) is 2.56. The summed E-state index contributed by atoms with van der Waals surface area (Å²) >= 11 is 0. The van der Waals surface area contributed by atoms with Crippen LogP contribution in [0, 0.1) is 11.8 Å². The molecule has 0 radical (unpaired) electrons. The molecule has 1 aliphatic rings. The van der Waals surface area contributed by atoms with Gasteiger partial charge in [-0.3, -0.25) is 9.59 Å². The number of nitrogens with one attached hydrogen (secondary N) is 2. The Morgan fingerprint density at radius 3 is 2.58 bits per heavy atom. The average molecular weight is 343 g/mol. The van der Waals surface area contributed by atoms with E-state index < -0.39 is 35.8 Å². The van der Waals surface area contributed by atoms with Crippen LogP contribution in [0.15, 0.2) is 0 Å². The minimum Gasteiger partial charge on any atom is -0.480 e. The summed E-state index contributed by atoms with van der Waals surface area (Å²) in [6.45, 7) is 1.85. The van der Waals surface area contributed by atoms with Gasteiger partial charge in [0.25, 0.3) is 0 Å². The van der Waals surface area contributed by atoms with Crippen molar-refractivity contribution in [3.05, 3.63) is 0 Å². The molecule has 3 amide bonds. The third kappa shape index (κ3) is 5.39. The zero-order valence-electron chi connectivity index (χ0n) is 14.2. The zero-order valence-corrected chi connectivity index (χ0v) is 14.2. The summed E-state index contributed by atoms with van der Waals surface area (Å²) in [5.74, 6) is -3.31. The van der Waals surface area contributed by atoms with Gasteiger partial charge in [0.05, 0.1) is 6.61 Å². The van der Waals surface area contributed by atoms with Crippen LogP contribution in [-0.2, 0) is 19.1 Å². The van der Waals surface area contributed by atoms with Gasteiger partial charge in [0.1, 0.15) is 6.04 Å². The monoisotopic (exact) mass is 343 g/mol. The Morgan fingerprint density at radius 1 is 1.33 bits per heavy atom. The molecule has 0 aromatic rings. The molecule has 3 atom stereocenters. The lowest BCUT2D eigenvalue weighted by molar-refractivity contribution is -0.143. The maximum Gasteiger partial charge on any atom is 0.409 e. The summed E-state index contributed by atoms with van der Waals surface area (Å²) in [5, 5.41) is 14.2. The smallest absolute Gasteiger partial charge is 0.409 e. The van der Waals surface area contributed by atoms with E-state index in [2.05, 4.69) is 10.6 Å². The van der Waals surface area contributed by atoms with Crippen LogP contribution in [-0.4, -0.2) is 67.2 Å². The van der Waals surface area contributed by atoms with Gasteiger partial charge in [-0.2, -0.15) is 0 Å². The van der Waals surface area contributed by atoms with Crippen molar-refractivity contribution in [2.75, 3.05) is 27.2 Å². The van der Waals surface area contributed by atoms with Gasteiger partial charge in [-0.25, -0.2) is 9.59 Å². The molecule has 9 nitrogen and oxygen atoms in total. The molecule has 0 aliphatic carbocycles. The molecule has 136 valence electrons. The molecule has 1 rings (SSSR count). The quantitative estimate of drug-likeness (QED) is 0.638. The molecular weight excluding hydrogens is 318 g/mol. The van der Waals surface area contributed by atoms with Crippen molar-refractivity contribution >= 4 is 23.9 Å². The van der Waals surface area contributed by atoms with Crippen molar-refractivity contribution in [1.82, 2.24) is 15.5 Å². The van der Waals surface area contributed by atoms with Gasteiger partial charge >= 0.3 is 12.1 Å². The van der Waals surface area contributed by atoms with Gasteiger partial charge in [-0.15, -0.1) is 0 Å². The van der Waals surface area contributed by atoms with Crippen LogP contribution in [0.2, 0.25) is 0 Å². The molecule has 1 saturated heterocycles. The molecule has 1 fully saturated rings. The number of hydrogen-bond acceptors (Lipinski definition) is 5. The normalized spacial score (nSPS) is 27.0. The standard InChI is InChI=1S/C15H25N3O6/c1-9-10(13(20)16-2)5-4-8-24-15(23)18(3)7-6-11(14(21)22)17-12(9)19/h9-11H,4-8H2,1-3H3,(H,16,20)(H,17,19)(H,21,22). The number of amides is 3. The summed E-state index contributed by atoms with van der Waals surface area (Å²) in [7, 11) is 2.97. The molecule has 0 saturated carbocycles. The first-order chi connectivity index (χ1) is 11.3. The number of carbonyl (C=O) groups is 4. The summed E-state index contributed by atoms with van der Waals surface area (Å²) in [5.41, 5.74) is 0. The molecule has 0 aromatic heterocycles. The number of ether oxygens (including phenoxy) is 1. The largest absolute Gasteiger partial charge is 0.480 e. The highest BCUT2D eigenvalue weighted by atomic mass is 16.6. The minimum absolute atomic E-state index is 0.0457. The van der Waals surface area contributed by atoms with Crippen LogP contribution >= 0.6 is 0 Å². The van der Waals surface area contributed by atoms with Crippen LogP contribution in [0.25, 0.3) is 0 Å². The Morgan fingerprint density at radius 2 is 2.00 bits per heavy atom. The summed E-state index contributed by atoms with van der Waals surface area (Å²) in [6, 6.07) is -1.14. The van der Waals surface area contributed by atoms with Gasteiger partial charge in [-0.05, 0) is 19.3 Å². The number of cyclic esters (lactones) is 1. The van der Waals surface area contributed by atoms with Crippen LogP contribution in [0.1, 0.15) is 26.2 Å². The predicted molar refractivity (Wildman–Crippen MR) is 84.1 cm³/mol. The fraction of sp³-hybridized carbons (Fsp3) is 0.733. The van der Waals surface area contributed by atoms with Crippen LogP contribution in [0.3, 0.4) is 0 Å². The van der Waals surface area contributed by atoms with Gasteiger partial charge in [0.15, 0.2) is 0 Å². The van der Waals surface area contributed by atoms with E-state index in [0.29, 0.717) is 12.8 Å². The number of rotatable bonds is 2. The molecule has 1 heterocycles. The number of hydrogen-bond donors (Lipinski definition) is 3. The molecule has 0 bridgehead atoms. The summed E-state index contributed by atoms with van der Waals surface area (Å²) in [4.78, 5) is 48.7. The fourth-order valence-electron chi connectivity index (χ4n) is 2.52. The second kappa shape index (κ2) is 9.09. The van der Waals surface area contributed by atoms with Gasteiger partial charge in [-0.1, -0.05) is 6.92 Å². The zero-order chi connectivity index (χ0) is 18.3. The molecule has 0 aromatic carbocycles. The van der Waals surface area contributed by atoms with E-state index in [1.54, 1.807) is 6.92 Å². The summed E-state index contributed by atoms with van der Waals surface area (Å²) < 4.78 is 5.09. The first kappa shape index (κ1) is 19.7. The second-order valence-electron chi connectivity index (χ2n) is 5.88. The second-order valence-corrected chi connectivity index (χ2v) is 5.88. The number of nitrogens with zero attached hydrogens (tertiary/aromatic N) is 1. The highest BCUT2D eigenvalue weighted by Gasteiger charge is 2.32. The Balaban J connectivity index is 2.98. The number of carboxylic acid groups (broad SMARTS) is 1. The highest BCUT2D eigenvalue weighted by molar-refractivity contribution is 5.89. The molecule has 3 N–H and O–H groups in total. The first-order valence-corrected chi connectivity index (χ1v) is 7.90. The SMILES string of the molecule is CNC(=O)C1CCCOC(=O)N(C)CCC(C(=O)O)NC(=O)C1C. The molecule has 9 heteroatoms. The molecule has 0 spiro atoms. The first-order valence-electron chi connectivity index (χ1n) is 7.90. The maximum absolute atomic E-state index is 12.3. The van der Waals surface area contributed by atoms with E-state index in [9.17, 15) is 24.3 Å². The molecule has 1 aliphatic heterocycles. The van der Waals surface area contributed by atoms with Crippen molar-refractivity contribution in [2.45, 2.75) is 32.2 Å². The topological polar surface area (TPSA) is 125 Å². The van der Waals surface area contributed by atoms with Crippen molar-refractivity contribution in [3.63, 3.8) is 0 Å². The van der Waals surface area contributed by atoms with Gasteiger partial charge < -0.3 is 25.4 Å². The minimum atomic E-state index is -1.19. The maximum atomic E-state index is 12.3. The Labute approximate surface area is 140 Å². The predicted octanol–water partition coefficient (Wildman–Crippen LogP) is -0.194. The van der Waals surface area contributed by atoms with Crippen molar-refractivity contribution < 1.29 is 29.0 Å². The highest BCUT2D eigenvalue weighted by Crippen LogP contribution is 2.19. The number of aliphatic carboxylic acids is 1. The van der Waals surface area contributed by atoms with Crippen molar-refractivity contribution in [2.24, 2.45) is 11.8 Å². The Hall–Kier alpha value is -2.32.